The number of guanidine groups is 1. The molecule has 1 unspecified atom stereocenters. The second-order valence-corrected chi connectivity index (χ2v) is 7.20. The number of nitrogens with zero attached hydrogens (tertiary/aromatic N) is 3. The third kappa shape index (κ3) is 5.42. The summed E-state index contributed by atoms with van der Waals surface area (Å²) < 4.78 is 0. The summed E-state index contributed by atoms with van der Waals surface area (Å²) in [5, 5.41) is 7.03. The predicted molar refractivity (Wildman–Crippen MR) is 121 cm³/mol. The smallest absolute Gasteiger partial charge is 0.191 e. The van der Waals surface area contributed by atoms with E-state index in [1.165, 1.54) is 31.4 Å². The fraction of sp³-hybridized carbons (Fsp3) is 0.429. The predicted octanol–water partition coefficient (Wildman–Crippen LogP) is 3.27. The van der Waals surface area contributed by atoms with Gasteiger partial charge >= 0.3 is 0 Å². The van der Waals surface area contributed by atoms with Gasteiger partial charge in [-0.1, -0.05) is 24.3 Å². The van der Waals surface area contributed by atoms with E-state index in [4.69, 9.17) is 0 Å². The molecule has 2 fully saturated rings. The maximum atomic E-state index is 4.44. The largest absolute Gasteiger partial charge is 0.352 e. The maximum Gasteiger partial charge on any atom is 0.191 e. The molecule has 1 aromatic carbocycles. The third-order valence-corrected chi connectivity index (χ3v) is 5.19. The minimum atomic E-state index is 0. The van der Waals surface area contributed by atoms with Gasteiger partial charge in [0.05, 0.1) is 5.69 Å². The van der Waals surface area contributed by atoms with Crippen LogP contribution >= 0.6 is 24.0 Å². The number of hydrogen-bond acceptors (Lipinski definition) is 3. The van der Waals surface area contributed by atoms with Crippen molar-refractivity contribution in [1.29, 1.82) is 0 Å². The van der Waals surface area contributed by atoms with Crippen LogP contribution in [0.2, 0.25) is 0 Å². The Bertz CT molecular complexity index is 760. The summed E-state index contributed by atoms with van der Waals surface area (Å²) >= 11 is 0. The lowest BCUT2D eigenvalue weighted by Gasteiger charge is -2.18. The van der Waals surface area contributed by atoms with Gasteiger partial charge in [0.1, 0.15) is 0 Å². The molecule has 1 aliphatic carbocycles. The van der Waals surface area contributed by atoms with Gasteiger partial charge in [-0.05, 0) is 43.0 Å². The third-order valence-electron chi connectivity index (χ3n) is 5.19. The van der Waals surface area contributed by atoms with Gasteiger partial charge < -0.3 is 10.6 Å². The van der Waals surface area contributed by atoms with Crippen LogP contribution < -0.4 is 10.6 Å². The molecule has 4 rings (SSSR count). The van der Waals surface area contributed by atoms with Crippen LogP contribution in [0.4, 0.5) is 0 Å². The molecule has 2 N–H and O–H groups in total. The first-order chi connectivity index (χ1) is 12.8. The van der Waals surface area contributed by atoms with Gasteiger partial charge in [0.15, 0.2) is 5.96 Å². The lowest BCUT2D eigenvalue weighted by atomic mass is 10.1. The number of aliphatic imine (C=N–C) groups is 1. The van der Waals surface area contributed by atoms with Crippen molar-refractivity contribution in [3.05, 3.63) is 54.2 Å². The summed E-state index contributed by atoms with van der Waals surface area (Å²) in [5.74, 6) is 0.885. The number of nitrogens with one attached hydrogen (secondary N) is 2. The lowest BCUT2D eigenvalue weighted by Crippen LogP contribution is -2.44. The van der Waals surface area contributed by atoms with Gasteiger partial charge in [-0.3, -0.25) is 14.9 Å². The minimum absolute atomic E-state index is 0. The Labute approximate surface area is 178 Å². The maximum absolute atomic E-state index is 4.44. The second kappa shape index (κ2) is 9.50. The molecule has 2 aromatic rings. The van der Waals surface area contributed by atoms with Gasteiger partial charge in [0.25, 0.3) is 0 Å². The Balaban J connectivity index is 0.00000210. The number of aromatic nitrogens is 1. The van der Waals surface area contributed by atoms with Crippen molar-refractivity contribution in [3.63, 3.8) is 0 Å². The summed E-state index contributed by atoms with van der Waals surface area (Å²) in [6.07, 6.45) is 5.80. The van der Waals surface area contributed by atoms with Crippen LogP contribution in [-0.2, 0) is 6.54 Å². The van der Waals surface area contributed by atoms with E-state index in [1.54, 1.807) is 0 Å². The Morgan fingerprint density at radius 1 is 1.19 bits per heavy atom. The standard InChI is InChI=1S/C21H27N5.HI/c1-22-21(25-18-10-12-26(15-18)19-8-9-19)24-14-16-5-4-6-17(13-16)20-7-2-3-11-23-20;/h2-7,11,13,18-19H,8-10,12,14-15H2,1H3,(H2,22,24,25);1H. The molecule has 144 valence electrons. The Kier molecular flexibility index (Phi) is 7.07. The Morgan fingerprint density at radius 2 is 2.07 bits per heavy atom. The van der Waals surface area contributed by atoms with Crippen molar-refractivity contribution >= 4 is 29.9 Å². The summed E-state index contributed by atoms with van der Waals surface area (Å²) in [7, 11) is 1.84. The molecule has 0 amide bonds. The minimum Gasteiger partial charge on any atom is -0.352 e. The molecule has 2 aliphatic rings. The van der Waals surface area contributed by atoms with Crippen molar-refractivity contribution in [2.45, 2.75) is 37.9 Å². The highest BCUT2D eigenvalue weighted by Gasteiger charge is 2.34. The van der Waals surface area contributed by atoms with E-state index in [1.807, 2.05) is 31.4 Å². The summed E-state index contributed by atoms with van der Waals surface area (Å²) in [4.78, 5) is 11.4. The van der Waals surface area contributed by atoms with Gasteiger partial charge in [-0.15, -0.1) is 24.0 Å². The van der Waals surface area contributed by atoms with Gasteiger partial charge in [0, 0.05) is 50.5 Å². The Hall–Kier alpha value is -1.67. The van der Waals surface area contributed by atoms with Crippen molar-refractivity contribution in [1.82, 2.24) is 20.5 Å². The van der Waals surface area contributed by atoms with Crippen LogP contribution in [-0.4, -0.2) is 48.1 Å². The van der Waals surface area contributed by atoms with Crippen LogP contribution in [0.25, 0.3) is 11.3 Å². The molecule has 2 heterocycles. The van der Waals surface area contributed by atoms with Gasteiger partial charge in [0.2, 0.25) is 0 Å². The summed E-state index contributed by atoms with van der Waals surface area (Å²) in [6, 6.07) is 15.9. The summed E-state index contributed by atoms with van der Waals surface area (Å²) in [5.41, 5.74) is 3.37. The van der Waals surface area contributed by atoms with Crippen LogP contribution in [0.5, 0.6) is 0 Å². The zero-order chi connectivity index (χ0) is 17.8. The van der Waals surface area contributed by atoms with E-state index in [-0.39, 0.29) is 24.0 Å². The molecular formula is C21H28IN5. The number of likely N-dealkylation sites (tertiary alicyclic amines) is 1. The first-order valence-electron chi connectivity index (χ1n) is 9.53. The zero-order valence-electron chi connectivity index (χ0n) is 15.8. The quantitative estimate of drug-likeness (QED) is 0.395. The number of hydrogen-bond donors (Lipinski definition) is 2. The van der Waals surface area contributed by atoms with E-state index < -0.39 is 0 Å². The fourth-order valence-electron chi connectivity index (χ4n) is 3.62. The molecule has 0 bridgehead atoms. The second-order valence-electron chi connectivity index (χ2n) is 7.20. The highest BCUT2D eigenvalue weighted by Crippen LogP contribution is 2.29. The van der Waals surface area contributed by atoms with Crippen LogP contribution in [0.3, 0.4) is 0 Å². The summed E-state index contributed by atoms with van der Waals surface area (Å²) in [6.45, 7) is 3.10. The number of halogens is 1. The van der Waals surface area contributed by atoms with E-state index in [0.29, 0.717) is 6.04 Å². The van der Waals surface area contributed by atoms with E-state index in [0.717, 1.165) is 36.3 Å². The van der Waals surface area contributed by atoms with Crippen LogP contribution in [0.1, 0.15) is 24.8 Å². The van der Waals surface area contributed by atoms with E-state index >= 15 is 0 Å². The molecule has 0 spiro atoms. The van der Waals surface area contributed by atoms with Crippen molar-refractivity contribution in [2.24, 2.45) is 4.99 Å². The number of rotatable bonds is 5. The van der Waals surface area contributed by atoms with Crippen molar-refractivity contribution in [3.8, 4) is 11.3 Å². The van der Waals surface area contributed by atoms with Crippen molar-refractivity contribution < 1.29 is 0 Å². The SMILES string of the molecule is CN=C(NCc1cccc(-c2ccccn2)c1)NC1CCN(C2CC2)C1.I. The topological polar surface area (TPSA) is 52.6 Å². The zero-order valence-corrected chi connectivity index (χ0v) is 18.1. The molecule has 1 saturated heterocycles. The normalized spacial score (nSPS) is 20.2. The highest BCUT2D eigenvalue weighted by molar-refractivity contribution is 14.0. The first kappa shape index (κ1) is 20.1. The van der Waals surface area contributed by atoms with Gasteiger partial charge in [-0.2, -0.15) is 0 Å². The lowest BCUT2D eigenvalue weighted by molar-refractivity contribution is 0.321. The molecular weight excluding hydrogens is 449 g/mol. The fourth-order valence-corrected chi connectivity index (χ4v) is 3.62. The van der Waals surface area contributed by atoms with Crippen molar-refractivity contribution in [2.75, 3.05) is 20.1 Å². The average Bonchev–Trinajstić information content (AvgIpc) is 3.45. The average molecular weight is 477 g/mol. The molecule has 6 heteroatoms. The van der Waals surface area contributed by atoms with E-state index in [9.17, 15) is 0 Å². The molecule has 1 aliphatic heterocycles. The highest BCUT2D eigenvalue weighted by atomic mass is 127. The molecule has 5 nitrogen and oxygen atoms in total. The van der Waals surface area contributed by atoms with E-state index in [2.05, 4.69) is 49.8 Å². The molecule has 0 radical (unpaired) electrons. The first-order valence-corrected chi connectivity index (χ1v) is 9.53. The number of pyridine rings is 1. The van der Waals surface area contributed by atoms with Crippen LogP contribution in [0, 0.1) is 0 Å². The molecule has 1 saturated carbocycles. The molecule has 1 aromatic heterocycles. The monoisotopic (exact) mass is 477 g/mol. The Morgan fingerprint density at radius 3 is 2.81 bits per heavy atom. The number of benzene rings is 1. The van der Waals surface area contributed by atoms with Gasteiger partial charge in [-0.25, -0.2) is 0 Å². The molecule has 1 atom stereocenters. The van der Waals surface area contributed by atoms with Crippen LogP contribution in [0.15, 0.2) is 53.7 Å². The molecule has 27 heavy (non-hydrogen) atoms.